The van der Waals surface area contributed by atoms with Gasteiger partial charge < -0.3 is 10.2 Å². The molecule has 1 amide bonds. The second-order valence-electron chi connectivity index (χ2n) is 7.79. The third-order valence-electron chi connectivity index (χ3n) is 5.85. The molecular formula is C21H26F2N4O. The maximum atomic E-state index is 14.2. The smallest absolute Gasteiger partial charge is 0.274 e. The fourth-order valence-electron chi connectivity index (χ4n) is 4.29. The summed E-state index contributed by atoms with van der Waals surface area (Å²) in [4.78, 5) is 14.9. The first kappa shape index (κ1) is 19.1. The van der Waals surface area contributed by atoms with Crippen LogP contribution in [0.2, 0.25) is 0 Å². The van der Waals surface area contributed by atoms with E-state index in [4.69, 9.17) is 0 Å². The van der Waals surface area contributed by atoms with Gasteiger partial charge in [0.2, 0.25) is 0 Å². The normalized spacial score (nSPS) is 20.4. The lowest BCUT2D eigenvalue weighted by atomic mass is 10.1. The zero-order chi connectivity index (χ0) is 19.5. The van der Waals surface area contributed by atoms with E-state index in [9.17, 15) is 13.6 Å². The standard InChI is InChI=1S/C21H26F2N4O/c22-16-7-8-19(23)15(12-16)14-26(17-4-1-2-5-17)21(28)20-9-11-27(25-20)18-6-3-10-24-13-18/h7-9,11-12,17-18,24H,1-6,10,13-14H2. The van der Waals surface area contributed by atoms with Gasteiger partial charge in [0, 0.05) is 30.9 Å². The van der Waals surface area contributed by atoms with Crippen LogP contribution in [0.4, 0.5) is 8.78 Å². The van der Waals surface area contributed by atoms with Gasteiger partial charge in [-0.1, -0.05) is 12.8 Å². The molecule has 0 radical (unpaired) electrons. The Morgan fingerprint density at radius 2 is 2.00 bits per heavy atom. The van der Waals surface area contributed by atoms with E-state index in [-0.39, 0.29) is 30.1 Å². The van der Waals surface area contributed by atoms with Crippen LogP contribution in [-0.4, -0.2) is 39.7 Å². The Kier molecular flexibility index (Phi) is 5.71. The Labute approximate surface area is 163 Å². The molecule has 5 nitrogen and oxygen atoms in total. The lowest BCUT2D eigenvalue weighted by Crippen LogP contribution is -2.39. The number of piperidine rings is 1. The summed E-state index contributed by atoms with van der Waals surface area (Å²) in [6.45, 7) is 1.92. The Hall–Kier alpha value is -2.28. The van der Waals surface area contributed by atoms with Crippen LogP contribution in [0.25, 0.3) is 0 Å². The third kappa shape index (κ3) is 4.09. The van der Waals surface area contributed by atoms with Crippen LogP contribution in [0.3, 0.4) is 0 Å². The van der Waals surface area contributed by atoms with E-state index in [1.807, 2.05) is 10.9 Å². The lowest BCUT2D eigenvalue weighted by molar-refractivity contribution is 0.0654. The second kappa shape index (κ2) is 8.39. The molecule has 1 aliphatic heterocycles. The van der Waals surface area contributed by atoms with E-state index in [1.165, 1.54) is 6.07 Å². The number of carbonyl (C=O) groups is 1. The summed E-state index contributed by atoms with van der Waals surface area (Å²) in [6.07, 6.45) is 7.82. The molecule has 7 heteroatoms. The van der Waals surface area contributed by atoms with Crippen molar-refractivity contribution in [2.45, 2.75) is 57.2 Å². The molecule has 150 valence electrons. The van der Waals surface area contributed by atoms with Gasteiger partial charge in [0.15, 0.2) is 0 Å². The number of benzene rings is 1. The summed E-state index contributed by atoms with van der Waals surface area (Å²) in [5, 5.41) is 7.88. The lowest BCUT2D eigenvalue weighted by Gasteiger charge is -2.29. The third-order valence-corrected chi connectivity index (χ3v) is 5.85. The summed E-state index contributed by atoms with van der Waals surface area (Å²) < 4.78 is 29.7. The number of nitrogens with one attached hydrogen (secondary N) is 1. The maximum absolute atomic E-state index is 14.2. The van der Waals surface area contributed by atoms with E-state index < -0.39 is 11.6 Å². The highest BCUT2D eigenvalue weighted by Crippen LogP contribution is 2.27. The molecule has 1 unspecified atom stereocenters. The van der Waals surface area contributed by atoms with Gasteiger partial charge >= 0.3 is 0 Å². The van der Waals surface area contributed by atoms with Crippen molar-refractivity contribution < 1.29 is 13.6 Å². The van der Waals surface area contributed by atoms with Crippen LogP contribution < -0.4 is 5.32 Å². The number of aromatic nitrogens is 2. The number of carbonyl (C=O) groups excluding carboxylic acids is 1. The number of hydrogen-bond donors (Lipinski definition) is 1. The SMILES string of the molecule is O=C(c1ccn(C2CCCNC2)n1)N(Cc1cc(F)ccc1F)C1CCCC1. The minimum absolute atomic E-state index is 0.0386. The zero-order valence-corrected chi connectivity index (χ0v) is 15.9. The zero-order valence-electron chi connectivity index (χ0n) is 15.9. The highest BCUT2D eigenvalue weighted by Gasteiger charge is 2.30. The number of hydrogen-bond acceptors (Lipinski definition) is 3. The van der Waals surface area contributed by atoms with Gasteiger partial charge in [-0.15, -0.1) is 0 Å². The van der Waals surface area contributed by atoms with Gasteiger partial charge in [-0.05, 0) is 56.5 Å². The van der Waals surface area contributed by atoms with Crippen LogP contribution in [0.5, 0.6) is 0 Å². The maximum Gasteiger partial charge on any atom is 0.274 e. The summed E-state index contributed by atoms with van der Waals surface area (Å²) in [6, 6.07) is 5.41. The Bertz CT molecular complexity index is 826. The van der Waals surface area contributed by atoms with Gasteiger partial charge in [0.25, 0.3) is 5.91 Å². The minimum atomic E-state index is -0.496. The topological polar surface area (TPSA) is 50.2 Å². The molecule has 1 N–H and O–H groups in total. The largest absolute Gasteiger partial charge is 0.330 e. The molecule has 4 rings (SSSR count). The molecule has 1 aromatic carbocycles. The van der Waals surface area contributed by atoms with Crippen molar-refractivity contribution in [3.05, 3.63) is 53.4 Å². The second-order valence-corrected chi connectivity index (χ2v) is 7.79. The summed E-state index contributed by atoms with van der Waals surface area (Å²) in [5.41, 5.74) is 0.574. The van der Waals surface area contributed by atoms with E-state index in [1.54, 1.807) is 11.0 Å². The summed E-state index contributed by atoms with van der Waals surface area (Å²) in [5.74, 6) is -1.20. The van der Waals surface area contributed by atoms with Gasteiger partial charge in [0.1, 0.15) is 17.3 Å². The number of rotatable bonds is 5. The van der Waals surface area contributed by atoms with E-state index in [0.717, 1.165) is 63.7 Å². The van der Waals surface area contributed by atoms with Crippen LogP contribution in [0, 0.1) is 11.6 Å². The monoisotopic (exact) mass is 388 g/mol. The predicted molar refractivity (Wildman–Crippen MR) is 102 cm³/mol. The molecule has 2 heterocycles. The van der Waals surface area contributed by atoms with Crippen LogP contribution in [-0.2, 0) is 6.54 Å². The highest BCUT2D eigenvalue weighted by atomic mass is 19.1. The predicted octanol–water partition coefficient (Wildman–Crippen LogP) is 3.67. The molecule has 1 atom stereocenters. The van der Waals surface area contributed by atoms with Crippen molar-refractivity contribution in [1.82, 2.24) is 20.0 Å². The van der Waals surface area contributed by atoms with Crippen molar-refractivity contribution in [2.24, 2.45) is 0 Å². The molecule has 1 aromatic heterocycles. The van der Waals surface area contributed by atoms with Gasteiger partial charge in [-0.2, -0.15) is 5.10 Å². The Balaban J connectivity index is 1.56. The molecule has 1 saturated heterocycles. The number of nitrogens with zero attached hydrogens (tertiary/aromatic N) is 3. The average molecular weight is 388 g/mol. The van der Waals surface area contributed by atoms with E-state index in [2.05, 4.69) is 10.4 Å². The Morgan fingerprint density at radius 1 is 1.18 bits per heavy atom. The van der Waals surface area contributed by atoms with Crippen LogP contribution in [0.1, 0.15) is 60.6 Å². The Morgan fingerprint density at radius 3 is 2.75 bits per heavy atom. The van der Waals surface area contributed by atoms with Crippen molar-refractivity contribution in [2.75, 3.05) is 13.1 Å². The fourth-order valence-corrected chi connectivity index (χ4v) is 4.29. The van der Waals surface area contributed by atoms with Gasteiger partial charge in [-0.25, -0.2) is 8.78 Å². The van der Waals surface area contributed by atoms with E-state index >= 15 is 0 Å². The van der Waals surface area contributed by atoms with Crippen molar-refractivity contribution in [3.63, 3.8) is 0 Å². The molecule has 2 aromatic rings. The van der Waals surface area contributed by atoms with E-state index in [0.29, 0.717) is 5.69 Å². The number of amides is 1. The molecule has 1 saturated carbocycles. The molecule has 28 heavy (non-hydrogen) atoms. The quantitative estimate of drug-likeness (QED) is 0.850. The van der Waals surface area contributed by atoms with Gasteiger partial charge in [0.05, 0.1) is 6.04 Å². The molecule has 2 fully saturated rings. The average Bonchev–Trinajstić information content (AvgIpc) is 3.41. The van der Waals surface area contributed by atoms with Crippen LogP contribution >= 0.6 is 0 Å². The van der Waals surface area contributed by atoms with Gasteiger partial charge in [-0.3, -0.25) is 9.48 Å². The first-order valence-corrected chi connectivity index (χ1v) is 10.1. The van der Waals surface area contributed by atoms with Crippen LogP contribution in [0.15, 0.2) is 30.5 Å². The molecule has 0 bridgehead atoms. The first-order valence-electron chi connectivity index (χ1n) is 10.1. The number of halogens is 2. The molecule has 2 aliphatic rings. The van der Waals surface area contributed by atoms with Crippen molar-refractivity contribution in [3.8, 4) is 0 Å². The summed E-state index contributed by atoms with van der Waals surface area (Å²) in [7, 11) is 0. The minimum Gasteiger partial charge on any atom is -0.330 e. The van der Waals surface area contributed by atoms with Crippen molar-refractivity contribution >= 4 is 5.91 Å². The molecule has 1 aliphatic carbocycles. The van der Waals surface area contributed by atoms with Crippen molar-refractivity contribution in [1.29, 1.82) is 0 Å². The first-order chi connectivity index (χ1) is 13.6. The molecule has 0 spiro atoms. The summed E-state index contributed by atoms with van der Waals surface area (Å²) >= 11 is 0. The molecular weight excluding hydrogens is 362 g/mol. The fraction of sp³-hybridized carbons (Fsp3) is 0.524. The highest BCUT2D eigenvalue weighted by molar-refractivity contribution is 5.92.